The van der Waals surface area contributed by atoms with Gasteiger partial charge < -0.3 is 56.8 Å². The van der Waals surface area contributed by atoms with Crippen molar-refractivity contribution in [3.05, 3.63) is 182 Å². The number of halogens is 3. The fourth-order valence-electron chi connectivity index (χ4n) is 14.9. The lowest BCUT2D eigenvalue weighted by atomic mass is 9.80. The topological polar surface area (TPSA) is 447 Å². The summed E-state index contributed by atoms with van der Waals surface area (Å²) < 4.78 is 78.0. The minimum Gasteiger partial charge on any atom is -0.480 e. The molecule has 0 radical (unpaired) electrons. The first-order chi connectivity index (χ1) is 56.4. The van der Waals surface area contributed by atoms with Crippen LogP contribution >= 0.6 is 34.8 Å². The Labute approximate surface area is 713 Å². The number of benzene rings is 5. The Morgan fingerprint density at radius 1 is 0.492 bits per heavy atom. The number of sulfone groups is 3. The monoisotopic (exact) mass is 1770 g/mol. The number of nitrogens with zero attached hydrogens (tertiary/aromatic N) is 3. The van der Waals surface area contributed by atoms with Crippen LogP contribution in [0.4, 0.5) is 0 Å². The lowest BCUT2D eigenvalue weighted by molar-refractivity contribution is -0.151. The van der Waals surface area contributed by atoms with Crippen LogP contribution in [0.25, 0.3) is 5.57 Å². The predicted octanol–water partition coefficient (Wildman–Crippen LogP) is 4.42. The minimum atomic E-state index is -4.03. The van der Waals surface area contributed by atoms with Gasteiger partial charge in [-0.15, -0.1) is 0 Å². The number of hydrogen-bond acceptors (Lipinski definition) is 20. The summed E-state index contributed by atoms with van der Waals surface area (Å²) in [5.74, 6) is -21.1. The summed E-state index contributed by atoms with van der Waals surface area (Å²) in [5, 5.41) is 38.1. The molecule has 648 valence electrons. The van der Waals surface area contributed by atoms with Gasteiger partial charge in [0, 0.05) is 105 Å². The summed E-state index contributed by atoms with van der Waals surface area (Å²) in [4.78, 5) is 198. The number of likely N-dealkylation sites (N-methyl/N-ethyl adjacent to an activating group) is 2. The summed E-state index contributed by atoms with van der Waals surface area (Å²) in [6.45, 7) is 2.23. The number of hydrogen-bond donors (Lipinski definition) is 8. The number of carbonyl (C=O) groups excluding carboxylic acids is 12. The summed E-state index contributed by atoms with van der Waals surface area (Å²) in [6, 6.07) is 18.2. The van der Waals surface area contributed by atoms with Crippen LogP contribution in [0.1, 0.15) is 111 Å². The van der Waals surface area contributed by atoms with Crippen molar-refractivity contribution < 1.29 is 97.8 Å². The van der Waals surface area contributed by atoms with Gasteiger partial charge in [0.15, 0.2) is 5.78 Å². The number of aliphatic carboxylic acids is 1. The van der Waals surface area contributed by atoms with Gasteiger partial charge in [0.2, 0.25) is 53.2 Å². The van der Waals surface area contributed by atoms with Crippen molar-refractivity contribution in [1.82, 2.24) is 46.6 Å². The van der Waals surface area contributed by atoms with Gasteiger partial charge in [0.1, 0.15) is 89.4 Å². The van der Waals surface area contributed by atoms with Crippen LogP contribution in [0.15, 0.2) is 133 Å². The van der Waals surface area contributed by atoms with Crippen LogP contribution in [0.2, 0.25) is 15.1 Å². The Morgan fingerprint density at radius 3 is 1.56 bits per heavy atom. The molecule has 2 heterocycles. The molecule has 5 aromatic carbocycles. The maximum Gasteiger partial charge on any atom is 0.326 e. The zero-order chi connectivity index (χ0) is 88.3. The largest absolute Gasteiger partial charge is 0.480 e. The van der Waals surface area contributed by atoms with Gasteiger partial charge >= 0.3 is 5.97 Å². The molecule has 0 spiro atoms. The first kappa shape index (κ1) is 95.7. The average molecular weight is 1780 g/mol. The van der Waals surface area contributed by atoms with Crippen molar-refractivity contribution in [2.75, 3.05) is 56.7 Å². The van der Waals surface area contributed by atoms with Crippen molar-refractivity contribution in [1.29, 1.82) is 0 Å². The normalized spacial score (nSPS) is 24.2. The Kier molecular flexibility index (Phi) is 34.4. The average Bonchev–Trinajstić information content (AvgIpc) is 1.24. The van der Waals surface area contributed by atoms with E-state index in [0.29, 0.717) is 44.8 Å². The van der Waals surface area contributed by atoms with Crippen LogP contribution in [-0.2, 0) is 124 Å². The van der Waals surface area contributed by atoms with Crippen molar-refractivity contribution in [2.24, 2.45) is 17.8 Å². The second-order valence-electron chi connectivity index (χ2n) is 31.2. The molecular weight excluding hydrogens is 1670 g/mol. The molecule has 0 aromatic heterocycles. The number of nitrogens with one attached hydrogen (secondary N) is 6. The van der Waals surface area contributed by atoms with E-state index in [1.54, 1.807) is 91.0 Å². The Morgan fingerprint density at radius 2 is 0.983 bits per heavy atom. The number of carboxylic acid groups (broad SMARTS) is 1. The smallest absolute Gasteiger partial charge is 0.326 e. The summed E-state index contributed by atoms with van der Waals surface area (Å²) >= 11 is 19.4. The van der Waals surface area contributed by atoms with E-state index in [9.17, 15) is 59.4 Å². The minimum absolute atomic E-state index is 0.0164. The molecule has 5 aromatic rings. The molecule has 13 atom stereocenters. The highest BCUT2D eigenvalue weighted by atomic mass is 35.5. The third-order valence-corrected chi connectivity index (χ3v) is 25.2. The number of carboxylic acids is 1. The molecule has 3 aliphatic rings. The molecule has 0 unspecified atom stereocenters. The van der Waals surface area contributed by atoms with Crippen molar-refractivity contribution >= 4 is 146 Å². The maximum absolute atomic E-state index is 15.9. The van der Waals surface area contributed by atoms with E-state index in [1.807, 2.05) is 12.1 Å². The van der Waals surface area contributed by atoms with Crippen molar-refractivity contribution in [3.63, 3.8) is 0 Å². The molecule has 36 heteroatoms. The van der Waals surface area contributed by atoms with Crippen LogP contribution in [-0.4, -0.2) is 244 Å². The van der Waals surface area contributed by atoms with Gasteiger partial charge in [-0.25, -0.2) is 30.0 Å². The molecule has 2 aliphatic heterocycles. The van der Waals surface area contributed by atoms with Gasteiger partial charge in [0.05, 0.1) is 41.2 Å². The molecular formula is C84H102Cl3N9O21S3. The first-order valence-corrected chi connectivity index (χ1v) is 46.4. The first-order valence-electron chi connectivity index (χ1n) is 39.1. The van der Waals surface area contributed by atoms with Gasteiger partial charge in [-0.2, -0.15) is 0 Å². The van der Waals surface area contributed by atoms with Crippen LogP contribution in [0, 0.1) is 17.8 Å². The summed E-state index contributed by atoms with van der Waals surface area (Å²) in [5.41, 5.74) is 3.61. The fraction of sp³-hybridized carbons (Fsp3) is 0.464. The van der Waals surface area contributed by atoms with E-state index >= 15 is 38.4 Å². The summed E-state index contributed by atoms with van der Waals surface area (Å²) in [6.07, 6.45) is -3.89. The molecule has 0 saturated carbocycles. The van der Waals surface area contributed by atoms with Crippen molar-refractivity contribution in [3.8, 4) is 0 Å². The lowest BCUT2D eigenvalue weighted by Crippen LogP contribution is -2.61. The van der Waals surface area contributed by atoms with E-state index in [1.165, 1.54) is 44.3 Å². The quantitative estimate of drug-likeness (QED) is 0.0475. The predicted molar refractivity (Wildman–Crippen MR) is 450 cm³/mol. The molecule has 0 bridgehead atoms. The van der Waals surface area contributed by atoms with E-state index in [0.717, 1.165) is 53.0 Å². The number of carbonyl (C=O) groups is 13. The lowest BCUT2D eigenvalue weighted by Gasteiger charge is -2.33. The van der Waals surface area contributed by atoms with Gasteiger partial charge in [-0.3, -0.25) is 57.5 Å². The van der Waals surface area contributed by atoms with Gasteiger partial charge in [0.25, 0.3) is 0 Å². The Bertz CT molecular complexity index is 5040. The molecule has 120 heavy (non-hydrogen) atoms. The SMILES string of the molecule is C[C@@H]1NC(=O)C[C@@H](C(=O)N2CCC[C@H]2C(=O)O)CC(=O)[C@H](Cc2cccc(Cl)c2)CC(=O)[C@H]([C@@H](C)O)CC(=O)[C@H](Cc2ccc(Cl)cc2)N(C)C(=O)[C@H](Cc2cccc(Cl)c2)NC(=O)[C@H](CC2=CCc3ccccc32)NC(=O)[C@H](CCS(C)(=O)=O)NC(=O)[C@H](Cc2ccccc2)N(C)C(=O)[C@H](CCS(C)(=O)=O)NC(=O)[C@H](CCS(C)(=O)=O)NC1=O. The number of aliphatic hydroxyl groups is 1. The molecule has 2 fully saturated rings. The molecule has 9 amide bonds. The number of allylic oxidation sites excluding steroid dienone is 1. The maximum atomic E-state index is 15.9. The highest BCUT2D eigenvalue weighted by Crippen LogP contribution is 2.33. The van der Waals surface area contributed by atoms with Crippen LogP contribution in [0.5, 0.6) is 0 Å². The van der Waals surface area contributed by atoms with Crippen LogP contribution in [0.3, 0.4) is 0 Å². The Hall–Kier alpha value is -9.77. The number of ketones is 3. The highest BCUT2D eigenvalue weighted by Gasteiger charge is 2.44. The second-order valence-corrected chi connectivity index (χ2v) is 39.3. The third kappa shape index (κ3) is 28.7. The van der Waals surface area contributed by atoms with E-state index in [4.69, 9.17) is 34.8 Å². The molecule has 2 saturated heterocycles. The van der Waals surface area contributed by atoms with Crippen LogP contribution < -0.4 is 31.9 Å². The van der Waals surface area contributed by atoms with E-state index in [-0.39, 0.29) is 55.1 Å². The number of Topliss-reactive ketones (excluding diaryl/α,β-unsaturated/α-hetero) is 3. The van der Waals surface area contributed by atoms with Crippen molar-refractivity contribution in [2.45, 2.75) is 171 Å². The molecule has 8 N–H and O–H groups in total. The van der Waals surface area contributed by atoms with E-state index < -0.39 is 253 Å². The van der Waals surface area contributed by atoms with Gasteiger partial charge in [-0.05, 0) is 141 Å². The molecule has 8 rings (SSSR count). The number of rotatable bonds is 22. The zero-order valence-corrected chi connectivity index (χ0v) is 72.2. The zero-order valence-electron chi connectivity index (χ0n) is 67.5. The number of fused-ring (bicyclic) bond motifs is 1. The Balaban J connectivity index is 1.29. The molecule has 30 nitrogen and oxygen atoms in total. The number of likely N-dealkylation sites (tertiary alicyclic amines) is 1. The van der Waals surface area contributed by atoms with Gasteiger partial charge in [-0.1, -0.05) is 132 Å². The van der Waals surface area contributed by atoms with E-state index in [2.05, 4.69) is 31.9 Å². The second kappa shape index (κ2) is 43.1. The number of amides is 9. The fourth-order valence-corrected chi connectivity index (χ4v) is 17.5. The summed E-state index contributed by atoms with van der Waals surface area (Å²) in [7, 11) is -9.67. The third-order valence-electron chi connectivity index (χ3n) is 21.6. The standard InChI is InChI=1S/C84H102Cl3N9O21S3/c1-49-76(102)89-64(31-35-118(5,112)113)77(103)91-66(33-37-120(7,116)117)82(108)95(4)71(43-51-16-9-8-10-17-51)80(106)90-65(32-36-119(6,114)115)78(104)92-67(44-56-28-27-55-20-11-12-23-62(55)56)79(105)93-68(41-54-19-14-22-61(87)40-54)83(109)94(3)70(42-52-25-29-59(85)30-26-52)74(100)48-63(50(2)97)73(99)45-57(38-53-18-13-21-60(86)39-53)72(98)46-58(47-75(101)88-49)81(107)96-34-15-24-69(96)84(110)111/h8-14,16-23,25-26,28-30,39-40,49-50,57-58,63-71,97H,15,24,27,31-38,41-48H2,1-7H3,(H,88,101)(H,89,102)(H,90,106)(H,91,103)(H,92,104)(H,93,105)(H,110,111)/t49-,50+,57+,58-,63-,64-,65-,66-,67-,68-,69-,70-,71-/m0/s1. The molecule has 1 aliphatic carbocycles. The highest BCUT2D eigenvalue weighted by molar-refractivity contribution is 7.91. The number of aliphatic hydroxyl groups excluding tert-OH is 1.